The molecular weight excluding hydrogens is 509 g/mol. The molecule has 2 atom stereocenters. The van der Waals surface area contributed by atoms with Crippen LogP contribution in [0.4, 0.5) is 61.9 Å². The van der Waals surface area contributed by atoms with Gasteiger partial charge in [0, 0.05) is 6.42 Å². The lowest BCUT2D eigenvalue weighted by Gasteiger charge is -2.40. The van der Waals surface area contributed by atoms with Gasteiger partial charge in [0.1, 0.15) is 6.10 Å². The number of alkyl carbamates (subject to hydrolysis) is 1. The lowest BCUT2D eigenvalue weighted by Crippen LogP contribution is -2.70. The number of amides is 1. The fraction of sp³-hybridized carbons (Fsp3) is 0.611. The molecule has 3 nitrogen and oxygen atoms in total. The summed E-state index contributed by atoms with van der Waals surface area (Å²) in [7, 11) is 0. The number of halogens is 13. The van der Waals surface area contributed by atoms with E-state index in [1.807, 2.05) is 0 Å². The topological polar surface area (TPSA) is 38.3 Å². The molecule has 0 aromatic heterocycles. The number of nitrogens with one attached hydrogen (secondary N) is 1. The van der Waals surface area contributed by atoms with Crippen LogP contribution in [0.25, 0.3) is 0 Å². The number of alkyl halides is 13. The molecule has 0 spiro atoms. The van der Waals surface area contributed by atoms with Gasteiger partial charge < -0.3 is 10.1 Å². The third kappa shape index (κ3) is 4.59. The Balaban J connectivity index is 2.24. The Morgan fingerprint density at radius 2 is 1.24 bits per heavy atom. The molecule has 0 bridgehead atoms. The monoisotopic (exact) mass is 523 g/mol. The van der Waals surface area contributed by atoms with Crippen molar-refractivity contribution in [2.75, 3.05) is 0 Å². The third-order valence-corrected chi connectivity index (χ3v) is 5.05. The van der Waals surface area contributed by atoms with Crippen LogP contribution in [0.1, 0.15) is 18.4 Å². The average molecular weight is 523 g/mol. The summed E-state index contributed by atoms with van der Waals surface area (Å²) in [5.74, 6) is -37.1. The Morgan fingerprint density at radius 3 is 1.74 bits per heavy atom. The van der Waals surface area contributed by atoms with E-state index in [1.165, 1.54) is 24.3 Å². The number of hydrogen-bond acceptors (Lipinski definition) is 2. The lowest BCUT2D eigenvalue weighted by atomic mass is 9.90. The molecule has 1 N–H and O–H groups in total. The van der Waals surface area contributed by atoms with Crippen molar-refractivity contribution in [3.05, 3.63) is 35.9 Å². The summed E-state index contributed by atoms with van der Waals surface area (Å²) in [6.07, 6.45) is -14.2. The van der Waals surface area contributed by atoms with Crippen molar-refractivity contribution < 1.29 is 66.6 Å². The molecular formula is C18H14F13NO2. The Bertz CT molecular complexity index is 870. The van der Waals surface area contributed by atoms with E-state index >= 15 is 0 Å². The zero-order chi connectivity index (χ0) is 26.4. The number of ether oxygens (including phenoxy) is 1. The molecule has 1 aliphatic heterocycles. The van der Waals surface area contributed by atoms with Gasteiger partial charge >= 0.3 is 41.9 Å². The van der Waals surface area contributed by atoms with Gasteiger partial charge in [-0.2, -0.15) is 57.1 Å². The first-order valence-electron chi connectivity index (χ1n) is 9.16. The Hall–Kier alpha value is -2.42. The summed E-state index contributed by atoms with van der Waals surface area (Å²) < 4.78 is 176. The van der Waals surface area contributed by atoms with Crippen LogP contribution in [0.15, 0.2) is 30.3 Å². The van der Waals surface area contributed by atoms with E-state index in [4.69, 9.17) is 0 Å². The fourth-order valence-corrected chi connectivity index (χ4v) is 3.09. The Labute approximate surface area is 182 Å². The molecule has 2 rings (SSSR count). The van der Waals surface area contributed by atoms with Crippen LogP contribution in [-0.2, 0) is 11.2 Å². The number of carbonyl (C=O) groups excluding carboxylic acids is 1. The highest BCUT2D eigenvalue weighted by Gasteiger charge is 2.90. The van der Waals surface area contributed by atoms with Gasteiger partial charge in [-0.15, -0.1) is 0 Å². The van der Waals surface area contributed by atoms with Crippen LogP contribution in [0.3, 0.4) is 0 Å². The molecule has 2 unspecified atom stereocenters. The second kappa shape index (κ2) is 8.66. The second-order valence-corrected chi connectivity index (χ2v) is 7.42. The summed E-state index contributed by atoms with van der Waals surface area (Å²) >= 11 is 0. The zero-order valence-electron chi connectivity index (χ0n) is 16.4. The smallest absolute Gasteiger partial charge is 0.444 e. The van der Waals surface area contributed by atoms with E-state index in [0.717, 1.165) is 0 Å². The minimum Gasteiger partial charge on any atom is -0.444 e. The molecule has 1 aromatic rings. The van der Waals surface area contributed by atoms with Crippen molar-refractivity contribution in [3.63, 3.8) is 0 Å². The normalized spacial score (nSPS) is 20.8. The minimum absolute atomic E-state index is 0.120. The summed E-state index contributed by atoms with van der Waals surface area (Å²) in [6.45, 7) is 0. The summed E-state index contributed by atoms with van der Waals surface area (Å²) in [5, 5.41) is 2.13. The van der Waals surface area contributed by atoms with Gasteiger partial charge in [-0.05, 0) is 18.4 Å². The van der Waals surface area contributed by atoms with Crippen LogP contribution < -0.4 is 5.32 Å². The molecule has 1 fully saturated rings. The first-order chi connectivity index (χ1) is 15.2. The zero-order valence-corrected chi connectivity index (χ0v) is 16.4. The summed E-state index contributed by atoms with van der Waals surface area (Å²) in [4.78, 5) is 11.4. The molecule has 0 aliphatic carbocycles. The van der Waals surface area contributed by atoms with Gasteiger partial charge in [0.2, 0.25) is 0 Å². The van der Waals surface area contributed by atoms with Gasteiger partial charge in [0.15, 0.2) is 0 Å². The van der Waals surface area contributed by atoms with Crippen molar-refractivity contribution in [2.45, 2.75) is 67.2 Å². The molecule has 1 saturated heterocycles. The molecule has 1 heterocycles. The van der Waals surface area contributed by atoms with Crippen molar-refractivity contribution in [1.82, 2.24) is 5.32 Å². The van der Waals surface area contributed by atoms with Crippen LogP contribution in [-0.4, -0.2) is 54.0 Å². The predicted molar refractivity (Wildman–Crippen MR) is 87.4 cm³/mol. The number of rotatable bonds is 9. The van der Waals surface area contributed by atoms with Crippen LogP contribution >= 0.6 is 0 Å². The molecule has 1 amide bonds. The van der Waals surface area contributed by atoms with Gasteiger partial charge in [0.25, 0.3) is 0 Å². The second-order valence-electron chi connectivity index (χ2n) is 7.42. The highest BCUT2D eigenvalue weighted by molar-refractivity contribution is 5.70. The summed E-state index contributed by atoms with van der Waals surface area (Å²) in [5.41, 5.74) is 0.487. The highest BCUT2D eigenvalue weighted by atomic mass is 19.4. The van der Waals surface area contributed by atoms with Crippen molar-refractivity contribution in [1.29, 1.82) is 0 Å². The van der Waals surface area contributed by atoms with Crippen molar-refractivity contribution in [2.24, 2.45) is 0 Å². The summed E-state index contributed by atoms with van der Waals surface area (Å²) in [6, 6.07) is 6.52. The van der Waals surface area contributed by atoms with E-state index in [-0.39, 0.29) is 6.42 Å². The quantitative estimate of drug-likeness (QED) is 0.390. The molecule has 0 radical (unpaired) electrons. The maximum atomic E-state index is 14.0. The first-order valence-corrected chi connectivity index (χ1v) is 9.16. The maximum Gasteiger partial charge on any atom is 0.460 e. The van der Waals surface area contributed by atoms with Gasteiger partial charge in [0.05, 0.1) is 6.04 Å². The Kier molecular flexibility index (Phi) is 7.09. The third-order valence-electron chi connectivity index (χ3n) is 5.05. The highest BCUT2D eigenvalue weighted by Crippen LogP contribution is 2.60. The molecule has 194 valence electrons. The van der Waals surface area contributed by atoms with E-state index in [2.05, 4.69) is 10.1 Å². The predicted octanol–water partition coefficient (Wildman–Crippen LogP) is 6.23. The first kappa shape index (κ1) is 27.8. The van der Waals surface area contributed by atoms with E-state index in [1.54, 1.807) is 6.07 Å². The largest absolute Gasteiger partial charge is 0.460 e. The van der Waals surface area contributed by atoms with Gasteiger partial charge in [-0.25, -0.2) is 4.79 Å². The number of hydrogen-bond donors (Lipinski definition) is 1. The van der Waals surface area contributed by atoms with Crippen molar-refractivity contribution in [3.8, 4) is 0 Å². The Morgan fingerprint density at radius 1 is 0.735 bits per heavy atom. The van der Waals surface area contributed by atoms with Crippen LogP contribution in [0.5, 0.6) is 0 Å². The van der Waals surface area contributed by atoms with E-state index in [9.17, 15) is 61.9 Å². The number of carbonyl (C=O) groups is 1. The van der Waals surface area contributed by atoms with Gasteiger partial charge in [-0.3, -0.25) is 0 Å². The standard InChI is InChI=1S/C18H14F13NO2/c19-13(20,14(21,22)15(23,24)16(25,26)17(27,28)18(29,30)31)7-6-11-10(32-12(33)34-11)8-9-4-2-1-3-5-9/h1-5,10-11H,6-8H2,(H,32,33). The van der Waals surface area contributed by atoms with Crippen molar-refractivity contribution >= 4 is 6.09 Å². The van der Waals surface area contributed by atoms with E-state index in [0.29, 0.717) is 5.56 Å². The molecule has 16 heteroatoms. The van der Waals surface area contributed by atoms with Gasteiger partial charge in [-0.1, -0.05) is 30.3 Å². The molecule has 0 saturated carbocycles. The van der Waals surface area contributed by atoms with Crippen LogP contribution in [0, 0.1) is 0 Å². The number of benzene rings is 1. The van der Waals surface area contributed by atoms with Crippen LogP contribution in [0.2, 0.25) is 0 Å². The average Bonchev–Trinajstić information content (AvgIpc) is 3.04. The lowest BCUT2D eigenvalue weighted by molar-refractivity contribution is -0.440. The maximum absolute atomic E-state index is 14.0. The van der Waals surface area contributed by atoms with E-state index < -0.39 is 66.9 Å². The fourth-order valence-electron chi connectivity index (χ4n) is 3.09. The molecule has 1 aromatic carbocycles. The number of cyclic esters (lactones) is 1. The molecule has 1 aliphatic rings. The molecule has 34 heavy (non-hydrogen) atoms. The minimum atomic E-state index is -7.94. The SMILES string of the molecule is O=C1NC(Cc2ccccc2)C(CCC(F)(F)C(F)(F)C(F)(F)C(F)(F)C(F)(F)C(F)(F)F)O1.